The summed E-state index contributed by atoms with van der Waals surface area (Å²) in [7, 11) is 0. The molecule has 76 valence electrons. The smallest absolute Gasteiger partial charge is 0.0351 e. The Morgan fingerprint density at radius 3 is 1.92 bits per heavy atom. The van der Waals surface area contributed by atoms with Gasteiger partial charge < -0.3 is 0 Å². The van der Waals surface area contributed by atoms with Gasteiger partial charge in [0.15, 0.2) is 0 Å². The lowest BCUT2D eigenvalue weighted by Gasteiger charge is -1.98. The molecule has 0 fully saturated rings. The maximum atomic E-state index is 3.84. The van der Waals surface area contributed by atoms with Gasteiger partial charge in [-0.05, 0) is 26.2 Å². The molecule has 0 saturated carbocycles. The van der Waals surface area contributed by atoms with Gasteiger partial charge >= 0.3 is 0 Å². The molecule has 0 N–H and O–H groups in total. The van der Waals surface area contributed by atoms with Crippen molar-refractivity contribution in [2.45, 2.75) is 57.8 Å². The van der Waals surface area contributed by atoms with Crippen LogP contribution in [0.3, 0.4) is 0 Å². The second-order valence-corrected chi connectivity index (χ2v) is 3.52. The number of rotatable bonds is 9. The monoisotopic (exact) mass is 180 g/mol. The summed E-state index contributed by atoms with van der Waals surface area (Å²) in [5, 5.41) is 0. The van der Waals surface area contributed by atoms with Crippen molar-refractivity contribution < 1.29 is 0 Å². The van der Waals surface area contributed by atoms with E-state index >= 15 is 0 Å². The third-order valence-corrected chi connectivity index (χ3v) is 2.20. The predicted molar refractivity (Wildman–Crippen MR) is 61.4 cm³/mol. The third-order valence-electron chi connectivity index (χ3n) is 2.20. The van der Waals surface area contributed by atoms with Crippen LogP contribution in [0.2, 0.25) is 0 Å². The van der Waals surface area contributed by atoms with Crippen LogP contribution in [-0.4, -0.2) is 0 Å². The van der Waals surface area contributed by atoms with Crippen LogP contribution in [0.4, 0.5) is 0 Å². The van der Waals surface area contributed by atoms with Gasteiger partial charge in [-0.1, -0.05) is 57.6 Å². The van der Waals surface area contributed by atoms with E-state index in [4.69, 9.17) is 0 Å². The van der Waals surface area contributed by atoms with E-state index in [0.717, 1.165) is 12.8 Å². The Morgan fingerprint density at radius 1 is 0.692 bits per heavy atom. The minimum Gasteiger partial charge on any atom is -0.0885 e. The first-order valence-electron chi connectivity index (χ1n) is 5.65. The number of hydrogen-bond donors (Lipinski definition) is 0. The molecule has 0 aliphatic heterocycles. The first-order valence-corrected chi connectivity index (χ1v) is 5.65. The van der Waals surface area contributed by atoms with E-state index in [1.165, 1.54) is 44.9 Å². The van der Waals surface area contributed by atoms with E-state index in [-0.39, 0.29) is 0 Å². The molecule has 13 heavy (non-hydrogen) atoms. The minimum atomic E-state index is 0.934. The molecule has 0 heteroatoms. The Morgan fingerprint density at radius 2 is 1.31 bits per heavy atom. The van der Waals surface area contributed by atoms with Crippen LogP contribution in [0, 0.1) is 13.8 Å². The van der Waals surface area contributed by atoms with Gasteiger partial charge in [0.05, 0.1) is 0 Å². The zero-order chi connectivity index (χ0) is 9.78. The zero-order valence-corrected chi connectivity index (χ0v) is 8.93. The summed E-state index contributed by atoms with van der Waals surface area (Å²) in [5.74, 6) is 0. The first kappa shape index (κ1) is 12.7. The van der Waals surface area contributed by atoms with Gasteiger partial charge in [0.1, 0.15) is 0 Å². The summed E-state index contributed by atoms with van der Waals surface area (Å²) >= 11 is 0. The van der Waals surface area contributed by atoms with Crippen molar-refractivity contribution in [2.75, 3.05) is 0 Å². The van der Waals surface area contributed by atoms with Gasteiger partial charge in [-0.3, -0.25) is 0 Å². The van der Waals surface area contributed by atoms with E-state index < -0.39 is 0 Å². The number of unbranched alkanes of at least 4 members (excludes halogenated alkanes) is 7. The van der Waals surface area contributed by atoms with Crippen molar-refractivity contribution in [2.24, 2.45) is 0 Å². The molecule has 0 spiro atoms. The summed E-state index contributed by atoms with van der Waals surface area (Å²) in [6, 6.07) is 0. The second kappa shape index (κ2) is 11.7. The SMILES string of the molecule is [CH2]CC=CCCCCCCCC[CH2]. The molecular weight excluding hydrogens is 156 g/mol. The molecule has 0 aromatic heterocycles. The lowest BCUT2D eigenvalue weighted by molar-refractivity contribution is 0.599. The summed E-state index contributed by atoms with van der Waals surface area (Å²) < 4.78 is 0. The fourth-order valence-electron chi connectivity index (χ4n) is 1.38. The molecule has 0 heterocycles. The highest BCUT2D eigenvalue weighted by molar-refractivity contribution is 4.81. The van der Waals surface area contributed by atoms with Crippen LogP contribution in [0.5, 0.6) is 0 Å². The Hall–Kier alpha value is -0.260. The van der Waals surface area contributed by atoms with Gasteiger partial charge in [0.25, 0.3) is 0 Å². The molecule has 0 aliphatic rings. The van der Waals surface area contributed by atoms with Crippen molar-refractivity contribution in [3.8, 4) is 0 Å². The summed E-state index contributed by atoms with van der Waals surface area (Å²) in [6.07, 6.45) is 15.9. The molecule has 0 nitrogen and oxygen atoms in total. The molecule has 0 aliphatic carbocycles. The number of allylic oxidation sites excluding steroid dienone is 2. The van der Waals surface area contributed by atoms with Crippen LogP contribution >= 0.6 is 0 Å². The average molecular weight is 180 g/mol. The van der Waals surface area contributed by atoms with E-state index in [2.05, 4.69) is 26.0 Å². The van der Waals surface area contributed by atoms with E-state index in [1.807, 2.05) is 0 Å². The quantitative estimate of drug-likeness (QED) is 0.356. The maximum Gasteiger partial charge on any atom is -0.0351 e. The minimum absolute atomic E-state index is 0.934. The molecule has 0 aromatic carbocycles. The van der Waals surface area contributed by atoms with Gasteiger partial charge in [0.2, 0.25) is 0 Å². The molecule has 0 saturated heterocycles. The summed E-state index contributed by atoms with van der Waals surface area (Å²) in [6.45, 7) is 7.60. The van der Waals surface area contributed by atoms with Crippen LogP contribution in [-0.2, 0) is 0 Å². The Bertz CT molecular complexity index is 103. The lowest BCUT2D eigenvalue weighted by Crippen LogP contribution is -1.78. The van der Waals surface area contributed by atoms with Crippen molar-refractivity contribution in [3.05, 3.63) is 26.0 Å². The third kappa shape index (κ3) is 11.7. The summed E-state index contributed by atoms with van der Waals surface area (Å²) in [4.78, 5) is 0. The maximum absolute atomic E-state index is 3.84. The molecule has 0 rings (SSSR count). The van der Waals surface area contributed by atoms with Gasteiger partial charge in [-0.25, -0.2) is 0 Å². The van der Waals surface area contributed by atoms with Gasteiger partial charge in [-0.2, -0.15) is 0 Å². The van der Waals surface area contributed by atoms with Crippen molar-refractivity contribution in [1.82, 2.24) is 0 Å². The fraction of sp³-hybridized carbons (Fsp3) is 0.692. The lowest BCUT2D eigenvalue weighted by atomic mass is 10.1. The molecule has 0 bridgehead atoms. The Kier molecular flexibility index (Phi) is 11.5. The molecular formula is C13H24. The second-order valence-electron chi connectivity index (χ2n) is 3.52. The highest BCUT2D eigenvalue weighted by Gasteiger charge is 1.88. The van der Waals surface area contributed by atoms with Gasteiger partial charge in [0, 0.05) is 0 Å². The number of hydrogen-bond acceptors (Lipinski definition) is 0. The normalized spacial score (nSPS) is 11.2. The van der Waals surface area contributed by atoms with Gasteiger partial charge in [-0.15, -0.1) is 0 Å². The van der Waals surface area contributed by atoms with Crippen molar-refractivity contribution in [1.29, 1.82) is 0 Å². The fourth-order valence-corrected chi connectivity index (χ4v) is 1.38. The largest absolute Gasteiger partial charge is 0.0885 e. The first-order chi connectivity index (χ1) is 6.41. The van der Waals surface area contributed by atoms with Crippen LogP contribution in [0.15, 0.2) is 12.2 Å². The highest BCUT2D eigenvalue weighted by Crippen LogP contribution is 2.08. The molecule has 0 aromatic rings. The zero-order valence-electron chi connectivity index (χ0n) is 8.93. The molecule has 2 radical (unpaired) electrons. The topological polar surface area (TPSA) is 0 Å². The van der Waals surface area contributed by atoms with Crippen LogP contribution in [0.1, 0.15) is 57.8 Å². The van der Waals surface area contributed by atoms with Crippen molar-refractivity contribution >= 4 is 0 Å². The van der Waals surface area contributed by atoms with Crippen LogP contribution < -0.4 is 0 Å². The Labute approximate surface area is 84.4 Å². The Balaban J connectivity index is 2.87. The standard InChI is InChI=1S/C13H24/c1-3-5-7-9-11-13-12-10-8-6-4-2/h5,7H,1-4,6,8-13H2. The van der Waals surface area contributed by atoms with Crippen molar-refractivity contribution in [3.63, 3.8) is 0 Å². The van der Waals surface area contributed by atoms with E-state index in [9.17, 15) is 0 Å². The molecule has 0 atom stereocenters. The highest BCUT2D eigenvalue weighted by atomic mass is 13.9. The molecule has 0 unspecified atom stereocenters. The summed E-state index contributed by atoms with van der Waals surface area (Å²) in [5.41, 5.74) is 0. The molecule has 0 amide bonds. The predicted octanol–water partition coefficient (Wildman–Crippen LogP) is 4.72. The average Bonchev–Trinajstić information content (AvgIpc) is 2.16. The van der Waals surface area contributed by atoms with E-state index in [1.54, 1.807) is 0 Å². The van der Waals surface area contributed by atoms with E-state index in [0.29, 0.717) is 0 Å². The van der Waals surface area contributed by atoms with Crippen LogP contribution in [0.25, 0.3) is 0 Å².